The smallest absolute Gasteiger partial charge is 0.279 e. The van der Waals surface area contributed by atoms with Gasteiger partial charge in [-0.25, -0.2) is 13.6 Å². The second-order valence-electron chi connectivity index (χ2n) is 7.11. The molecule has 0 bridgehead atoms. The Labute approximate surface area is 204 Å². The van der Waals surface area contributed by atoms with Gasteiger partial charge in [-0.3, -0.25) is 10.2 Å². The van der Waals surface area contributed by atoms with Crippen LogP contribution < -0.4 is 20.8 Å². The molecule has 0 saturated carbocycles. The first kappa shape index (κ1) is 23.1. The van der Waals surface area contributed by atoms with Crippen LogP contribution in [0.1, 0.15) is 11.1 Å². The fraction of sp³-hybridized carbons (Fsp3) is 0.0455. The molecule has 3 aromatic carbocycles. The molecule has 0 fully saturated rings. The number of hydrogen-bond donors (Lipinski definition) is 3. The predicted molar refractivity (Wildman–Crippen MR) is 135 cm³/mol. The number of carbonyl (C=O) groups is 1. The third-order valence-electron chi connectivity index (χ3n) is 4.85. The zero-order valence-corrected chi connectivity index (χ0v) is 20.2. The molecule has 1 aliphatic rings. The molecule has 0 spiro atoms. The van der Waals surface area contributed by atoms with Gasteiger partial charge >= 0.3 is 0 Å². The summed E-state index contributed by atoms with van der Waals surface area (Å²) in [4.78, 5) is 14.7. The van der Waals surface area contributed by atoms with Crippen molar-refractivity contribution in [2.75, 3.05) is 10.2 Å². The van der Waals surface area contributed by atoms with Gasteiger partial charge in [0.05, 0.1) is 17.9 Å². The molecule has 0 unspecified atom stereocenters. The molecule has 168 valence electrons. The number of sulfonamides is 1. The van der Waals surface area contributed by atoms with Gasteiger partial charge in [-0.05, 0) is 48.1 Å². The maximum Gasteiger partial charge on any atom is 0.279 e. The van der Waals surface area contributed by atoms with Crippen LogP contribution >= 0.6 is 28.1 Å². The summed E-state index contributed by atoms with van der Waals surface area (Å²) in [5.74, 6) is -0.285. The summed E-state index contributed by atoms with van der Waals surface area (Å²) in [6.45, 7) is 0.387. The molecule has 0 atom stereocenters. The van der Waals surface area contributed by atoms with Crippen LogP contribution in [-0.2, 0) is 21.4 Å². The highest BCUT2D eigenvalue weighted by Gasteiger charge is 2.34. The van der Waals surface area contributed by atoms with Crippen molar-refractivity contribution in [2.24, 2.45) is 10.2 Å². The minimum absolute atomic E-state index is 0.00413. The Bertz CT molecular complexity index is 1380. The van der Waals surface area contributed by atoms with Gasteiger partial charge in [-0.1, -0.05) is 58.4 Å². The Kier molecular flexibility index (Phi) is 6.56. The molecule has 4 rings (SSSR count). The van der Waals surface area contributed by atoms with Gasteiger partial charge in [-0.15, -0.1) is 0 Å². The summed E-state index contributed by atoms with van der Waals surface area (Å²) < 4.78 is 24.4. The molecule has 11 heteroatoms. The third kappa shape index (κ3) is 5.11. The SMILES string of the molecule is NS(=O)(=O)c1ccccc1NC(=S)NN=C1C(=O)N(Cc2ccccc2)c2ccc(Br)cc21. The minimum atomic E-state index is -3.95. The number of carbonyl (C=O) groups excluding carboxylic acids is 1. The maximum absolute atomic E-state index is 13.2. The van der Waals surface area contributed by atoms with Crippen molar-refractivity contribution >= 4 is 66.3 Å². The van der Waals surface area contributed by atoms with Crippen molar-refractivity contribution < 1.29 is 13.2 Å². The lowest BCUT2D eigenvalue weighted by Crippen LogP contribution is -2.32. The molecule has 8 nitrogen and oxygen atoms in total. The molecular formula is C22H18BrN5O3S2. The molecule has 1 aliphatic heterocycles. The number of primary sulfonamides is 1. The number of nitrogens with one attached hydrogen (secondary N) is 2. The van der Waals surface area contributed by atoms with Crippen LogP contribution in [0.5, 0.6) is 0 Å². The molecule has 0 aliphatic carbocycles. The largest absolute Gasteiger partial charge is 0.330 e. The molecule has 3 aromatic rings. The number of amides is 1. The van der Waals surface area contributed by atoms with Crippen molar-refractivity contribution in [3.8, 4) is 0 Å². The summed E-state index contributed by atoms with van der Waals surface area (Å²) in [7, 11) is -3.95. The summed E-state index contributed by atoms with van der Waals surface area (Å²) in [5, 5.41) is 12.3. The summed E-state index contributed by atoms with van der Waals surface area (Å²) in [6, 6.07) is 21.2. The minimum Gasteiger partial charge on any atom is -0.330 e. The normalized spacial score (nSPS) is 14.3. The van der Waals surface area contributed by atoms with E-state index in [0.717, 1.165) is 15.7 Å². The molecule has 0 saturated heterocycles. The van der Waals surface area contributed by atoms with E-state index >= 15 is 0 Å². The lowest BCUT2D eigenvalue weighted by molar-refractivity contribution is -0.112. The van der Waals surface area contributed by atoms with Crippen LogP contribution in [-0.4, -0.2) is 25.1 Å². The van der Waals surface area contributed by atoms with Crippen molar-refractivity contribution in [2.45, 2.75) is 11.4 Å². The molecule has 33 heavy (non-hydrogen) atoms. The summed E-state index contributed by atoms with van der Waals surface area (Å²) in [5.41, 5.74) is 5.37. The Morgan fingerprint density at radius 1 is 1.06 bits per heavy atom. The third-order valence-corrected chi connectivity index (χ3v) is 6.50. The predicted octanol–water partition coefficient (Wildman–Crippen LogP) is 3.33. The van der Waals surface area contributed by atoms with Crippen LogP contribution in [0, 0.1) is 0 Å². The molecule has 4 N–H and O–H groups in total. The van der Waals surface area contributed by atoms with E-state index in [1.165, 1.54) is 12.1 Å². The maximum atomic E-state index is 13.2. The number of para-hydroxylation sites is 1. The average molecular weight is 544 g/mol. The Balaban J connectivity index is 1.59. The van der Waals surface area contributed by atoms with Crippen LogP contribution in [0.25, 0.3) is 0 Å². The van der Waals surface area contributed by atoms with E-state index in [1.807, 2.05) is 48.5 Å². The number of benzene rings is 3. The first-order valence-corrected chi connectivity index (χ1v) is 12.4. The van der Waals surface area contributed by atoms with Gasteiger partial charge in [-0.2, -0.15) is 5.10 Å². The first-order chi connectivity index (χ1) is 15.7. The monoisotopic (exact) mass is 543 g/mol. The van der Waals surface area contributed by atoms with E-state index in [0.29, 0.717) is 12.1 Å². The number of nitrogens with zero attached hydrogens (tertiary/aromatic N) is 2. The number of rotatable bonds is 5. The second-order valence-corrected chi connectivity index (χ2v) is 9.96. The number of fused-ring (bicyclic) bond motifs is 1. The van der Waals surface area contributed by atoms with Gasteiger partial charge in [0, 0.05) is 10.0 Å². The Morgan fingerprint density at radius 3 is 2.48 bits per heavy atom. The van der Waals surface area contributed by atoms with E-state index in [4.69, 9.17) is 17.4 Å². The van der Waals surface area contributed by atoms with E-state index in [2.05, 4.69) is 31.8 Å². The van der Waals surface area contributed by atoms with Crippen LogP contribution in [0.15, 0.2) is 87.3 Å². The number of thiocarbonyl (C=S) groups is 1. The van der Waals surface area contributed by atoms with E-state index in [1.54, 1.807) is 17.0 Å². The highest BCUT2D eigenvalue weighted by atomic mass is 79.9. The summed E-state index contributed by atoms with van der Waals surface area (Å²) in [6.07, 6.45) is 0. The van der Waals surface area contributed by atoms with Crippen LogP contribution in [0.2, 0.25) is 0 Å². The Hall–Kier alpha value is -3.12. The average Bonchev–Trinajstić information content (AvgIpc) is 3.03. The lowest BCUT2D eigenvalue weighted by atomic mass is 10.1. The number of halogens is 1. The number of hydrogen-bond acceptors (Lipinski definition) is 5. The zero-order chi connectivity index (χ0) is 23.6. The highest BCUT2D eigenvalue weighted by Crippen LogP contribution is 2.33. The molecule has 1 amide bonds. The zero-order valence-electron chi connectivity index (χ0n) is 17.0. The van der Waals surface area contributed by atoms with E-state index in [-0.39, 0.29) is 27.3 Å². The van der Waals surface area contributed by atoms with Crippen molar-refractivity contribution in [1.82, 2.24) is 5.43 Å². The van der Waals surface area contributed by atoms with Gasteiger partial charge in [0.2, 0.25) is 10.0 Å². The van der Waals surface area contributed by atoms with Gasteiger partial charge in [0.25, 0.3) is 5.91 Å². The lowest BCUT2D eigenvalue weighted by Gasteiger charge is -2.17. The van der Waals surface area contributed by atoms with Gasteiger partial charge < -0.3 is 10.2 Å². The molecule has 1 heterocycles. The molecule has 0 radical (unpaired) electrons. The highest BCUT2D eigenvalue weighted by molar-refractivity contribution is 9.10. The van der Waals surface area contributed by atoms with Gasteiger partial charge in [0.15, 0.2) is 10.8 Å². The second kappa shape index (κ2) is 9.40. The summed E-state index contributed by atoms with van der Waals surface area (Å²) >= 11 is 8.69. The fourth-order valence-corrected chi connectivity index (χ4v) is 4.60. The topological polar surface area (TPSA) is 117 Å². The number of hydrazone groups is 1. The Morgan fingerprint density at radius 2 is 1.76 bits per heavy atom. The first-order valence-electron chi connectivity index (χ1n) is 9.66. The standard InChI is InChI=1S/C22H18BrN5O3S2/c23-15-10-11-18-16(12-15)20(21(29)28(18)13-14-6-2-1-3-7-14)26-27-22(32)25-17-8-4-5-9-19(17)33(24,30)31/h1-12H,13H2,(H2,24,30,31)(H2,25,27,32). The van der Waals surface area contributed by atoms with E-state index < -0.39 is 10.0 Å². The number of anilines is 2. The number of nitrogens with two attached hydrogens (primary N) is 1. The fourth-order valence-electron chi connectivity index (χ4n) is 3.39. The van der Waals surface area contributed by atoms with Crippen molar-refractivity contribution in [3.63, 3.8) is 0 Å². The van der Waals surface area contributed by atoms with Crippen LogP contribution in [0.3, 0.4) is 0 Å². The van der Waals surface area contributed by atoms with Crippen LogP contribution in [0.4, 0.5) is 11.4 Å². The molecular weight excluding hydrogens is 526 g/mol. The van der Waals surface area contributed by atoms with Crippen molar-refractivity contribution in [3.05, 3.63) is 88.4 Å². The molecule has 0 aromatic heterocycles. The van der Waals surface area contributed by atoms with Crippen molar-refractivity contribution in [1.29, 1.82) is 0 Å². The quantitative estimate of drug-likeness (QED) is 0.335. The van der Waals surface area contributed by atoms with E-state index in [9.17, 15) is 13.2 Å². The van der Waals surface area contributed by atoms with Gasteiger partial charge in [0.1, 0.15) is 4.90 Å².